The highest BCUT2D eigenvalue weighted by atomic mass is 32.2. The highest BCUT2D eigenvalue weighted by molar-refractivity contribution is 8.03. The van der Waals surface area contributed by atoms with E-state index in [1.54, 1.807) is 0 Å². The molecule has 1 N–H and O–H groups in total. The monoisotopic (exact) mass is 266 g/mol. The minimum atomic E-state index is -3.07. The number of hydrogen-bond donors (Lipinski definition) is 1. The maximum atomic E-state index is 11.2. The largest absolute Gasteiger partial charge is 0.391 e. The Hall–Kier alpha value is -0.180. The number of sulfone groups is 1. The molecule has 2 atom stereocenters. The first-order valence-electron chi connectivity index (χ1n) is 4.31. The summed E-state index contributed by atoms with van der Waals surface area (Å²) in [4.78, 5) is 0. The van der Waals surface area contributed by atoms with E-state index in [0.717, 1.165) is 5.01 Å². The molecule has 1 aliphatic heterocycles. The van der Waals surface area contributed by atoms with Crippen LogP contribution in [0.25, 0.3) is 0 Å². The number of nitrogens with zero attached hydrogens (tertiary/aromatic N) is 2. The van der Waals surface area contributed by atoms with Crippen molar-refractivity contribution in [2.75, 3.05) is 11.5 Å². The zero-order chi connectivity index (χ0) is 11.1. The van der Waals surface area contributed by atoms with Gasteiger partial charge in [-0.2, -0.15) is 0 Å². The van der Waals surface area contributed by atoms with Gasteiger partial charge in [-0.3, -0.25) is 0 Å². The van der Waals surface area contributed by atoms with Crippen molar-refractivity contribution in [3.63, 3.8) is 0 Å². The molecule has 1 fully saturated rings. The van der Waals surface area contributed by atoms with Crippen LogP contribution in [-0.2, 0) is 9.84 Å². The summed E-state index contributed by atoms with van der Waals surface area (Å²) in [7, 11) is -3.07. The summed E-state index contributed by atoms with van der Waals surface area (Å²) in [6.45, 7) is 1.84. The fourth-order valence-electron chi connectivity index (χ4n) is 1.36. The fourth-order valence-corrected chi connectivity index (χ4v) is 5.93. The normalized spacial score (nSPS) is 29.5. The Balaban J connectivity index is 2.08. The van der Waals surface area contributed by atoms with E-state index in [0.29, 0.717) is 4.34 Å². The Morgan fingerprint density at radius 1 is 1.47 bits per heavy atom. The van der Waals surface area contributed by atoms with Gasteiger partial charge in [0.1, 0.15) is 5.01 Å². The van der Waals surface area contributed by atoms with Crippen LogP contribution in [0.5, 0.6) is 0 Å². The molecule has 0 aromatic carbocycles. The van der Waals surface area contributed by atoms with Crippen molar-refractivity contribution >= 4 is 32.9 Å². The quantitative estimate of drug-likeness (QED) is 0.817. The Morgan fingerprint density at radius 3 is 2.67 bits per heavy atom. The first-order valence-corrected chi connectivity index (χ1v) is 7.83. The summed E-state index contributed by atoms with van der Waals surface area (Å²) in [5, 5.41) is 17.8. The lowest BCUT2D eigenvalue weighted by Gasteiger charge is -2.08. The second kappa shape index (κ2) is 4.00. The predicted octanol–water partition coefficient (Wildman–Crippen LogP) is 0.0965. The number of aryl methyl sites for hydroxylation is 1. The van der Waals surface area contributed by atoms with Gasteiger partial charge in [-0.05, 0) is 6.92 Å². The van der Waals surface area contributed by atoms with Gasteiger partial charge in [0.2, 0.25) is 0 Å². The van der Waals surface area contributed by atoms with Gasteiger partial charge in [0.05, 0.1) is 22.9 Å². The van der Waals surface area contributed by atoms with Crippen molar-refractivity contribution in [3.05, 3.63) is 5.01 Å². The molecule has 0 amide bonds. The molecule has 84 valence electrons. The minimum absolute atomic E-state index is 0.0253. The molecule has 0 aliphatic carbocycles. The number of aliphatic hydroxyl groups excluding tert-OH is 1. The summed E-state index contributed by atoms with van der Waals surface area (Å²) < 4.78 is 23.2. The van der Waals surface area contributed by atoms with E-state index in [1.165, 1.54) is 23.1 Å². The van der Waals surface area contributed by atoms with Crippen LogP contribution in [0.1, 0.15) is 5.01 Å². The number of hydrogen-bond acceptors (Lipinski definition) is 7. The number of aromatic nitrogens is 2. The topological polar surface area (TPSA) is 80.2 Å². The molecule has 8 heteroatoms. The average molecular weight is 266 g/mol. The van der Waals surface area contributed by atoms with E-state index in [9.17, 15) is 13.5 Å². The zero-order valence-electron chi connectivity index (χ0n) is 7.95. The van der Waals surface area contributed by atoms with Crippen molar-refractivity contribution in [1.82, 2.24) is 10.2 Å². The van der Waals surface area contributed by atoms with Crippen LogP contribution >= 0.6 is 23.1 Å². The van der Waals surface area contributed by atoms with Gasteiger partial charge in [-0.15, -0.1) is 10.2 Å². The smallest absolute Gasteiger partial charge is 0.174 e. The Bertz CT molecular complexity index is 456. The van der Waals surface area contributed by atoms with E-state index >= 15 is 0 Å². The van der Waals surface area contributed by atoms with E-state index < -0.39 is 15.9 Å². The maximum Gasteiger partial charge on any atom is 0.174 e. The van der Waals surface area contributed by atoms with Crippen molar-refractivity contribution in [1.29, 1.82) is 0 Å². The van der Waals surface area contributed by atoms with Gasteiger partial charge in [0, 0.05) is 0 Å². The second-order valence-electron chi connectivity index (χ2n) is 3.39. The van der Waals surface area contributed by atoms with Gasteiger partial charge in [0.25, 0.3) is 0 Å². The van der Waals surface area contributed by atoms with Crippen molar-refractivity contribution in [2.24, 2.45) is 0 Å². The second-order valence-corrected chi connectivity index (χ2v) is 8.21. The lowest BCUT2D eigenvalue weighted by atomic mass is 10.3. The standard InChI is InChI=1S/C7H10N2O3S3/c1-4-8-9-7(13-4)14-6-3-15(11,12)2-5(6)10/h5-6,10H,2-3H2,1H3/t5-,6-/m1/s1. The Labute approximate surface area is 95.8 Å². The summed E-state index contributed by atoms with van der Waals surface area (Å²) in [6, 6.07) is 0. The molecular weight excluding hydrogens is 256 g/mol. The summed E-state index contributed by atoms with van der Waals surface area (Å²) >= 11 is 2.71. The first-order chi connectivity index (χ1) is 6.96. The summed E-state index contributed by atoms with van der Waals surface area (Å²) in [5.41, 5.74) is 0. The van der Waals surface area contributed by atoms with E-state index in [4.69, 9.17) is 0 Å². The van der Waals surface area contributed by atoms with E-state index in [-0.39, 0.29) is 16.8 Å². The van der Waals surface area contributed by atoms with E-state index in [1.807, 2.05) is 6.92 Å². The van der Waals surface area contributed by atoms with Crippen LogP contribution in [0, 0.1) is 6.92 Å². The van der Waals surface area contributed by atoms with Crippen molar-refractivity contribution in [3.8, 4) is 0 Å². The average Bonchev–Trinajstić information content (AvgIpc) is 2.58. The third-order valence-corrected chi connectivity index (χ3v) is 6.20. The molecule has 1 aromatic rings. The van der Waals surface area contributed by atoms with Crippen LogP contribution in [0.15, 0.2) is 4.34 Å². The molecule has 0 unspecified atom stereocenters. The van der Waals surface area contributed by atoms with Crippen molar-refractivity contribution < 1.29 is 13.5 Å². The lowest BCUT2D eigenvalue weighted by molar-refractivity contribution is 0.207. The molecular formula is C7H10N2O3S3. The highest BCUT2D eigenvalue weighted by Gasteiger charge is 2.37. The zero-order valence-corrected chi connectivity index (χ0v) is 10.4. The summed E-state index contributed by atoms with van der Waals surface area (Å²) in [5.74, 6) is -0.111. The first kappa shape index (κ1) is 11.3. The van der Waals surface area contributed by atoms with Crippen LogP contribution < -0.4 is 0 Å². The molecule has 2 rings (SSSR count). The fraction of sp³-hybridized carbons (Fsp3) is 0.714. The lowest BCUT2D eigenvalue weighted by Crippen LogP contribution is -2.19. The van der Waals surface area contributed by atoms with Gasteiger partial charge < -0.3 is 5.11 Å². The highest BCUT2D eigenvalue weighted by Crippen LogP contribution is 2.32. The summed E-state index contributed by atoms with van der Waals surface area (Å²) in [6.07, 6.45) is -0.788. The van der Waals surface area contributed by atoms with Gasteiger partial charge in [-0.1, -0.05) is 23.1 Å². The third kappa shape index (κ3) is 2.68. The van der Waals surface area contributed by atoms with Crippen molar-refractivity contribution in [2.45, 2.75) is 22.6 Å². The Kier molecular flexibility index (Phi) is 3.02. The molecule has 5 nitrogen and oxygen atoms in total. The van der Waals surface area contributed by atoms with Crippen LogP contribution in [-0.4, -0.2) is 46.6 Å². The predicted molar refractivity (Wildman–Crippen MR) is 59.0 cm³/mol. The molecule has 0 spiro atoms. The van der Waals surface area contributed by atoms with Crippen LogP contribution in [0.3, 0.4) is 0 Å². The molecule has 1 saturated heterocycles. The van der Waals surface area contributed by atoms with Gasteiger partial charge in [0.15, 0.2) is 14.2 Å². The molecule has 0 bridgehead atoms. The molecule has 1 aliphatic rings. The van der Waals surface area contributed by atoms with Gasteiger partial charge >= 0.3 is 0 Å². The molecule has 2 heterocycles. The Morgan fingerprint density at radius 2 is 2.20 bits per heavy atom. The third-order valence-electron chi connectivity index (χ3n) is 2.03. The maximum absolute atomic E-state index is 11.2. The SMILES string of the molecule is Cc1nnc(S[C@@H]2CS(=O)(=O)C[C@H]2O)s1. The number of rotatable bonds is 2. The van der Waals surface area contributed by atoms with Gasteiger partial charge in [-0.25, -0.2) is 8.42 Å². The number of thioether (sulfide) groups is 1. The van der Waals surface area contributed by atoms with Crippen LogP contribution in [0.4, 0.5) is 0 Å². The molecule has 0 saturated carbocycles. The van der Waals surface area contributed by atoms with E-state index in [2.05, 4.69) is 10.2 Å². The minimum Gasteiger partial charge on any atom is -0.391 e. The molecule has 15 heavy (non-hydrogen) atoms. The molecule has 1 aromatic heterocycles. The van der Waals surface area contributed by atoms with Crippen LogP contribution in [0.2, 0.25) is 0 Å². The molecule has 0 radical (unpaired) electrons. The number of aliphatic hydroxyl groups is 1.